The van der Waals surface area contributed by atoms with Crippen LogP contribution in [-0.4, -0.2) is 59.4 Å². The van der Waals surface area contributed by atoms with Gasteiger partial charge in [-0.1, -0.05) is 30.0 Å². The Morgan fingerprint density at radius 2 is 1.88 bits per heavy atom. The molecule has 0 bridgehead atoms. The van der Waals surface area contributed by atoms with Gasteiger partial charge in [-0.05, 0) is 36.8 Å². The van der Waals surface area contributed by atoms with Crippen LogP contribution >= 0.6 is 0 Å². The van der Waals surface area contributed by atoms with Crippen LogP contribution in [0.25, 0.3) is 0 Å². The van der Waals surface area contributed by atoms with Crippen molar-refractivity contribution in [1.82, 2.24) is 10.2 Å². The van der Waals surface area contributed by atoms with Crippen molar-refractivity contribution < 1.29 is 38.5 Å². The van der Waals surface area contributed by atoms with Gasteiger partial charge in [-0.25, -0.2) is 14.0 Å². The fraction of sp³-hybridized carbons (Fsp3) is 0.292. The highest BCUT2D eigenvalue weighted by atomic mass is 19.1. The van der Waals surface area contributed by atoms with E-state index in [1.807, 2.05) is 0 Å². The van der Waals surface area contributed by atoms with Crippen LogP contribution in [0, 0.1) is 17.7 Å². The summed E-state index contributed by atoms with van der Waals surface area (Å²) in [4.78, 5) is 39.2. The Bertz CT molecular complexity index is 1200. The smallest absolute Gasteiger partial charge is 0.408 e. The molecule has 178 valence electrons. The predicted molar refractivity (Wildman–Crippen MR) is 117 cm³/mol. The Balaban J connectivity index is 2.06. The monoisotopic (exact) mass is 470 g/mol. The minimum Gasteiger partial charge on any atom is -0.466 e. The Morgan fingerprint density at radius 1 is 1.18 bits per heavy atom. The van der Waals surface area contributed by atoms with Gasteiger partial charge in [0.1, 0.15) is 5.82 Å². The molecule has 0 fully saturated rings. The Labute approximate surface area is 195 Å². The number of fused-ring (bicyclic) bond motifs is 1. The van der Waals surface area contributed by atoms with E-state index in [0.717, 1.165) is 38.8 Å². The summed E-state index contributed by atoms with van der Waals surface area (Å²) in [7, 11) is 2.19. The molecule has 0 radical (unpaired) electrons. The van der Waals surface area contributed by atoms with Crippen LogP contribution in [0.5, 0.6) is 0 Å². The third-order valence-corrected chi connectivity index (χ3v) is 5.26. The summed E-state index contributed by atoms with van der Waals surface area (Å²) >= 11 is 0. The molecule has 34 heavy (non-hydrogen) atoms. The normalized spacial score (nSPS) is 14.4. The van der Waals surface area contributed by atoms with Gasteiger partial charge in [0.15, 0.2) is 5.79 Å². The number of rotatable bonds is 5. The zero-order valence-corrected chi connectivity index (χ0v) is 18.7. The van der Waals surface area contributed by atoms with E-state index < -0.39 is 34.8 Å². The summed E-state index contributed by atoms with van der Waals surface area (Å²) < 4.78 is 23.5. The van der Waals surface area contributed by atoms with Crippen molar-refractivity contribution in [2.24, 2.45) is 0 Å². The lowest BCUT2D eigenvalue weighted by molar-refractivity contribution is -0.154. The molecule has 2 aromatic carbocycles. The standard InChI is InChI=1S/C24H23FN2O7/c1-23(31,32)18-12-15(8-9-19(18)25)10-11-24(21(29)33-2,26-22(30)34-3)14-27-13-16-6-4-5-7-17(16)20(27)28/h4-9,12,31-32H,13-14H2,1-3H3,(H,26,30)/t24-/m1/s1. The van der Waals surface area contributed by atoms with Crippen molar-refractivity contribution in [1.29, 1.82) is 0 Å². The maximum Gasteiger partial charge on any atom is 0.408 e. The first-order valence-electron chi connectivity index (χ1n) is 10.1. The molecular weight excluding hydrogens is 447 g/mol. The first-order chi connectivity index (χ1) is 16.0. The molecule has 0 saturated carbocycles. The summed E-state index contributed by atoms with van der Waals surface area (Å²) in [5.41, 5.74) is -1.17. The van der Waals surface area contributed by atoms with Crippen LogP contribution in [0.2, 0.25) is 0 Å². The van der Waals surface area contributed by atoms with E-state index in [-0.39, 0.29) is 24.6 Å². The van der Waals surface area contributed by atoms with Gasteiger partial charge >= 0.3 is 12.1 Å². The maximum atomic E-state index is 14.0. The van der Waals surface area contributed by atoms with Crippen molar-refractivity contribution >= 4 is 18.0 Å². The fourth-order valence-corrected chi connectivity index (χ4v) is 3.55. The highest BCUT2D eigenvalue weighted by Gasteiger charge is 2.45. The number of esters is 1. The van der Waals surface area contributed by atoms with Gasteiger partial charge in [0, 0.05) is 23.2 Å². The van der Waals surface area contributed by atoms with Gasteiger partial charge in [-0.15, -0.1) is 0 Å². The zero-order chi connectivity index (χ0) is 25.1. The van der Waals surface area contributed by atoms with Crippen LogP contribution in [-0.2, 0) is 26.6 Å². The van der Waals surface area contributed by atoms with E-state index in [4.69, 9.17) is 4.74 Å². The van der Waals surface area contributed by atoms with Crippen LogP contribution in [0.3, 0.4) is 0 Å². The summed E-state index contributed by atoms with van der Waals surface area (Å²) in [5, 5.41) is 21.9. The number of benzene rings is 2. The Morgan fingerprint density at radius 3 is 2.50 bits per heavy atom. The molecule has 0 aromatic heterocycles. The van der Waals surface area contributed by atoms with E-state index in [0.29, 0.717) is 5.56 Å². The summed E-state index contributed by atoms with van der Waals surface area (Å²) in [6.45, 7) is 0.782. The molecule has 2 aromatic rings. The number of ether oxygens (including phenoxy) is 2. The molecule has 1 atom stereocenters. The topological polar surface area (TPSA) is 125 Å². The Kier molecular flexibility index (Phi) is 6.91. The van der Waals surface area contributed by atoms with Crippen LogP contribution in [0.4, 0.5) is 9.18 Å². The number of aliphatic hydroxyl groups is 2. The average molecular weight is 470 g/mol. The van der Waals surface area contributed by atoms with E-state index in [1.54, 1.807) is 24.3 Å². The predicted octanol–water partition coefficient (Wildman–Crippen LogP) is 1.26. The molecule has 1 aliphatic rings. The van der Waals surface area contributed by atoms with E-state index in [9.17, 15) is 29.0 Å². The number of amides is 2. The zero-order valence-electron chi connectivity index (χ0n) is 18.7. The summed E-state index contributed by atoms with van der Waals surface area (Å²) in [6.07, 6.45) is -0.998. The summed E-state index contributed by atoms with van der Waals surface area (Å²) in [5.74, 6) is 0.581. The number of nitrogens with one attached hydrogen (secondary N) is 1. The lowest BCUT2D eigenvalue weighted by Crippen LogP contribution is -2.60. The average Bonchev–Trinajstić information content (AvgIpc) is 3.11. The van der Waals surface area contributed by atoms with Crippen molar-refractivity contribution in [3.05, 3.63) is 70.5 Å². The van der Waals surface area contributed by atoms with Crippen molar-refractivity contribution in [2.75, 3.05) is 20.8 Å². The molecule has 0 unspecified atom stereocenters. The van der Waals surface area contributed by atoms with E-state index >= 15 is 0 Å². The highest BCUT2D eigenvalue weighted by molar-refractivity contribution is 5.99. The first-order valence-corrected chi connectivity index (χ1v) is 10.1. The second kappa shape index (κ2) is 9.51. The van der Waals surface area contributed by atoms with Gasteiger partial charge < -0.3 is 24.6 Å². The molecule has 0 saturated heterocycles. The number of alkyl carbamates (subject to hydrolysis) is 1. The number of hydrogen-bond acceptors (Lipinski definition) is 7. The van der Waals surface area contributed by atoms with E-state index in [1.165, 1.54) is 11.0 Å². The molecular formula is C24H23FN2O7. The van der Waals surface area contributed by atoms with Gasteiger partial charge in [0.2, 0.25) is 5.54 Å². The third kappa shape index (κ3) is 5.01. The van der Waals surface area contributed by atoms with Crippen molar-refractivity contribution in [3.63, 3.8) is 0 Å². The fourth-order valence-electron chi connectivity index (χ4n) is 3.55. The minimum atomic E-state index is -2.47. The third-order valence-electron chi connectivity index (χ3n) is 5.26. The van der Waals surface area contributed by atoms with Crippen LogP contribution in [0.15, 0.2) is 42.5 Å². The second-order valence-electron chi connectivity index (χ2n) is 7.80. The largest absolute Gasteiger partial charge is 0.466 e. The molecule has 3 N–H and O–H groups in total. The van der Waals surface area contributed by atoms with Gasteiger partial charge in [-0.2, -0.15) is 0 Å². The molecule has 0 spiro atoms. The number of carbonyl (C=O) groups is 3. The lowest BCUT2D eigenvalue weighted by atomic mass is 9.97. The summed E-state index contributed by atoms with van der Waals surface area (Å²) in [6, 6.07) is 10.2. The van der Waals surface area contributed by atoms with Crippen molar-refractivity contribution in [2.45, 2.75) is 24.8 Å². The van der Waals surface area contributed by atoms with Gasteiger partial charge in [-0.3, -0.25) is 10.1 Å². The molecule has 1 heterocycles. The number of halogens is 1. The van der Waals surface area contributed by atoms with Crippen LogP contribution in [0.1, 0.15) is 34.0 Å². The lowest BCUT2D eigenvalue weighted by Gasteiger charge is -2.30. The molecule has 10 heteroatoms. The number of carbonyl (C=O) groups excluding carboxylic acids is 3. The molecule has 3 rings (SSSR count). The second-order valence-corrected chi connectivity index (χ2v) is 7.80. The van der Waals surface area contributed by atoms with E-state index in [2.05, 4.69) is 21.9 Å². The SMILES string of the molecule is COC(=O)N[C@](C#Cc1ccc(F)c(C(C)(O)O)c1)(CN1Cc2ccccc2C1=O)C(=O)OC. The number of methoxy groups -OCH3 is 2. The van der Waals surface area contributed by atoms with Crippen molar-refractivity contribution in [3.8, 4) is 11.8 Å². The quantitative estimate of drug-likeness (QED) is 0.341. The molecule has 1 aliphatic heterocycles. The Hall–Kier alpha value is -3.94. The number of hydrogen-bond donors (Lipinski definition) is 3. The molecule has 9 nitrogen and oxygen atoms in total. The van der Waals surface area contributed by atoms with Crippen LogP contribution < -0.4 is 5.32 Å². The number of nitrogens with zero attached hydrogens (tertiary/aromatic N) is 1. The maximum absolute atomic E-state index is 14.0. The molecule has 0 aliphatic carbocycles. The first kappa shape index (κ1) is 24.7. The minimum absolute atomic E-state index is 0.113. The van der Waals surface area contributed by atoms with Gasteiger partial charge in [0.05, 0.1) is 20.8 Å². The van der Waals surface area contributed by atoms with Gasteiger partial charge in [0.25, 0.3) is 5.91 Å². The highest BCUT2D eigenvalue weighted by Crippen LogP contribution is 2.25. The molecule has 2 amide bonds.